The predicted octanol–water partition coefficient (Wildman–Crippen LogP) is 4.54. The molecule has 1 unspecified atom stereocenters. The van der Waals surface area contributed by atoms with Crippen LogP contribution in [0.3, 0.4) is 0 Å². The number of hydrogen-bond acceptors (Lipinski definition) is 7. The van der Waals surface area contributed by atoms with Crippen molar-refractivity contribution in [2.24, 2.45) is 5.92 Å². The fourth-order valence-corrected chi connectivity index (χ4v) is 4.46. The zero-order valence-corrected chi connectivity index (χ0v) is 22.5. The van der Waals surface area contributed by atoms with Crippen molar-refractivity contribution >= 4 is 23.4 Å². The Morgan fingerprint density at radius 3 is 2.62 bits per heavy atom. The monoisotopic (exact) mass is 502 g/mol. The van der Waals surface area contributed by atoms with Crippen LogP contribution in [-0.2, 0) is 6.54 Å². The Labute approximate surface area is 220 Å². The largest absolute Gasteiger partial charge is 0.489 e. The number of likely N-dealkylation sites (N-methyl/N-ethyl adjacent to an activating group) is 2. The molecule has 0 fully saturated rings. The van der Waals surface area contributed by atoms with Crippen LogP contribution in [0.2, 0.25) is 0 Å². The third kappa shape index (κ3) is 6.57. The maximum absolute atomic E-state index is 13.6. The van der Waals surface area contributed by atoms with Gasteiger partial charge in [0.05, 0.1) is 0 Å². The van der Waals surface area contributed by atoms with Crippen LogP contribution in [0.5, 0.6) is 5.75 Å². The highest BCUT2D eigenvalue weighted by atomic mass is 16.5. The summed E-state index contributed by atoms with van der Waals surface area (Å²) in [5.74, 6) is 2.15. The van der Waals surface area contributed by atoms with Gasteiger partial charge in [0.1, 0.15) is 23.2 Å². The van der Waals surface area contributed by atoms with Crippen molar-refractivity contribution in [3.05, 3.63) is 71.9 Å². The average molecular weight is 503 g/mol. The number of aromatic nitrogens is 2. The third-order valence-corrected chi connectivity index (χ3v) is 6.55. The summed E-state index contributed by atoms with van der Waals surface area (Å²) in [7, 11) is 4.08. The molecule has 0 radical (unpaired) electrons. The maximum Gasteiger partial charge on any atom is 0.263 e. The first-order valence-corrected chi connectivity index (χ1v) is 13.0. The Morgan fingerprint density at radius 1 is 1.11 bits per heavy atom. The second kappa shape index (κ2) is 12.1. The van der Waals surface area contributed by atoms with E-state index in [1.54, 1.807) is 11.1 Å². The molecular weight excluding hydrogens is 464 g/mol. The summed E-state index contributed by atoms with van der Waals surface area (Å²) in [5, 5.41) is 3.12. The number of nitrogens with zero attached hydrogens (tertiary/aromatic N) is 5. The van der Waals surface area contributed by atoms with E-state index in [1.807, 2.05) is 49.2 Å². The number of carbonyl (C=O) groups excluding carboxylic acids is 1. The van der Waals surface area contributed by atoms with Crippen molar-refractivity contribution in [3.63, 3.8) is 0 Å². The average Bonchev–Trinajstić information content (AvgIpc) is 3.00. The molecule has 1 atom stereocenters. The first-order valence-electron chi connectivity index (χ1n) is 13.0. The lowest BCUT2D eigenvalue weighted by Gasteiger charge is -2.28. The molecule has 2 aromatic carbocycles. The lowest BCUT2D eigenvalue weighted by molar-refractivity contribution is 0.0989. The molecule has 0 saturated carbocycles. The van der Waals surface area contributed by atoms with Crippen molar-refractivity contribution in [3.8, 4) is 5.75 Å². The summed E-state index contributed by atoms with van der Waals surface area (Å²) < 4.78 is 6.49. The van der Waals surface area contributed by atoms with Crippen molar-refractivity contribution in [2.75, 3.05) is 55.4 Å². The summed E-state index contributed by atoms with van der Waals surface area (Å²) >= 11 is 0. The Balaban J connectivity index is 1.50. The van der Waals surface area contributed by atoms with E-state index in [4.69, 9.17) is 4.74 Å². The number of amides is 1. The smallest absolute Gasteiger partial charge is 0.263 e. The fraction of sp³-hybridized carbons (Fsp3) is 0.414. The number of fused-ring (bicyclic) bond motifs is 1. The summed E-state index contributed by atoms with van der Waals surface area (Å²) in [6, 6.07) is 18.3. The molecule has 0 saturated heterocycles. The molecule has 0 aliphatic carbocycles. The Kier molecular flexibility index (Phi) is 8.61. The van der Waals surface area contributed by atoms with Crippen molar-refractivity contribution in [1.82, 2.24) is 14.9 Å². The quantitative estimate of drug-likeness (QED) is 0.436. The van der Waals surface area contributed by atoms with Crippen LogP contribution >= 0.6 is 0 Å². The molecule has 1 amide bonds. The maximum atomic E-state index is 13.6. The van der Waals surface area contributed by atoms with Gasteiger partial charge >= 0.3 is 0 Å². The minimum absolute atomic E-state index is 0.00791. The van der Waals surface area contributed by atoms with Gasteiger partial charge in [-0.2, -0.15) is 4.98 Å². The minimum Gasteiger partial charge on any atom is -0.489 e. The molecule has 1 aliphatic heterocycles. The highest BCUT2D eigenvalue weighted by Crippen LogP contribution is 2.29. The van der Waals surface area contributed by atoms with Crippen LogP contribution < -0.4 is 19.9 Å². The number of benzene rings is 2. The zero-order valence-electron chi connectivity index (χ0n) is 22.5. The van der Waals surface area contributed by atoms with Gasteiger partial charge in [-0.1, -0.05) is 50.2 Å². The van der Waals surface area contributed by atoms with Crippen LogP contribution in [0.1, 0.15) is 36.7 Å². The third-order valence-electron chi connectivity index (χ3n) is 6.55. The zero-order chi connectivity index (χ0) is 26.4. The molecule has 1 aliphatic rings. The van der Waals surface area contributed by atoms with Gasteiger partial charge < -0.3 is 19.9 Å². The molecule has 0 bridgehead atoms. The second-order valence-electron chi connectivity index (χ2n) is 9.92. The van der Waals surface area contributed by atoms with Crippen molar-refractivity contribution in [1.29, 1.82) is 0 Å². The Hall–Kier alpha value is -3.65. The molecule has 8 nitrogen and oxygen atoms in total. The molecule has 1 aromatic heterocycles. The Bertz CT molecular complexity index is 1190. The Morgan fingerprint density at radius 2 is 1.89 bits per heavy atom. The van der Waals surface area contributed by atoms with E-state index in [0.717, 1.165) is 31.1 Å². The number of rotatable bonds is 10. The minimum atomic E-state index is -0.109. The molecule has 1 N–H and O–H groups in total. The number of carbonyl (C=O) groups is 1. The molecule has 4 rings (SSSR count). The standard InChI is InChI=1S/C29H38N6O2/c1-6-30-29-31-18-25-27(32-29)34(5)15-16-35(28(25)36)23-13-10-14-24(17-23)37-26(21(2)3)20-33(4)19-22-11-8-7-9-12-22/h7-14,17-18,21,26H,6,15-16,19-20H2,1-5H3,(H,30,31,32). The van der Waals surface area contributed by atoms with Gasteiger partial charge in [-0.15, -0.1) is 0 Å². The van der Waals surface area contributed by atoms with E-state index >= 15 is 0 Å². The summed E-state index contributed by atoms with van der Waals surface area (Å²) in [6.45, 7) is 9.92. The second-order valence-corrected chi connectivity index (χ2v) is 9.92. The lowest BCUT2D eigenvalue weighted by Crippen LogP contribution is -2.36. The van der Waals surface area contributed by atoms with E-state index < -0.39 is 0 Å². The van der Waals surface area contributed by atoms with E-state index in [-0.39, 0.29) is 12.0 Å². The lowest BCUT2D eigenvalue weighted by atomic mass is 10.1. The van der Waals surface area contributed by atoms with E-state index in [1.165, 1.54) is 5.56 Å². The highest BCUT2D eigenvalue weighted by Gasteiger charge is 2.28. The van der Waals surface area contributed by atoms with E-state index in [9.17, 15) is 4.79 Å². The molecule has 2 heterocycles. The molecule has 8 heteroatoms. The van der Waals surface area contributed by atoms with Crippen molar-refractivity contribution < 1.29 is 9.53 Å². The van der Waals surface area contributed by atoms with Crippen LogP contribution in [-0.4, -0.2) is 67.2 Å². The number of hydrogen-bond donors (Lipinski definition) is 1. The number of ether oxygens (including phenoxy) is 1. The normalized spacial score (nSPS) is 14.5. The van der Waals surface area contributed by atoms with E-state index in [0.29, 0.717) is 36.3 Å². The van der Waals surface area contributed by atoms with Gasteiger partial charge in [0.2, 0.25) is 5.95 Å². The number of anilines is 3. The van der Waals surface area contributed by atoms with Gasteiger partial charge in [-0.05, 0) is 37.6 Å². The molecule has 3 aromatic rings. The van der Waals surface area contributed by atoms with Gasteiger partial charge in [0, 0.05) is 57.7 Å². The van der Waals surface area contributed by atoms with E-state index in [2.05, 4.69) is 65.3 Å². The van der Waals surface area contributed by atoms with Gasteiger partial charge in [0.15, 0.2) is 0 Å². The molecule has 196 valence electrons. The van der Waals surface area contributed by atoms with Gasteiger partial charge in [0.25, 0.3) is 5.91 Å². The van der Waals surface area contributed by atoms with Crippen LogP contribution in [0.25, 0.3) is 0 Å². The van der Waals surface area contributed by atoms with Gasteiger partial charge in [-0.3, -0.25) is 9.69 Å². The van der Waals surface area contributed by atoms with Crippen molar-refractivity contribution in [2.45, 2.75) is 33.4 Å². The summed E-state index contributed by atoms with van der Waals surface area (Å²) in [4.78, 5) is 28.6. The fourth-order valence-electron chi connectivity index (χ4n) is 4.46. The highest BCUT2D eigenvalue weighted by molar-refractivity contribution is 6.09. The van der Waals surface area contributed by atoms with Crippen LogP contribution in [0.4, 0.5) is 17.5 Å². The molecule has 0 spiro atoms. The summed E-state index contributed by atoms with van der Waals surface area (Å²) in [5.41, 5.74) is 2.58. The number of nitrogens with one attached hydrogen (secondary N) is 1. The SMILES string of the molecule is CCNc1ncc2c(n1)N(C)CCN(c1cccc(OC(CN(C)Cc3ccccc3)C(C)C)c1)C2=O. The van der Waals surface area contributed by atoms with Crippen LogP contribution in [0.15, 0.2) is 60.8 Å². The topological polar surface area (TPSA) is 73.8 Å². The van der Waals surface area contributed by atoms with Gasteiger partial charge in [-0.25, -0.2) is 4.98 Å². The van der Waals surface area contributed by atoms with Crippen LogP contribution in [0, 0.1) is 5.92 Å². The first kappa shape index (κ1) is 26.4. The first-order chi connectivity index (χ1) is 17.9. The summed E-state index contributed by atoms with van der Waals surface area (Å²) in [6.07, 6.45) is 1.63. The predicted molar refractivity (Wildman–Crippen MR) is 150 cm³/mol. The molecular formula is C29H38N6O2. The molecule has 37 heavy (non-hydrogen) atoms.